The van der Waals surface area contributed by atoms with Gasteiger partial charge < -0.3 is 15.2 Å². The van der Waals surface area contributed by atoms with Crippen molar-refractivity contribution in [1.29, 1.82) is 0 Å². The Morgan fingerprint density at radius 3 is 2.41 bits per heavy atom. The Hall–Kier alpha value is -3.61. The van der Waals surface area contributed by atoms with Gasteiger partial charge in [-0.2, -0.15) is 0 Å². The van der Waals surface area contributed by atoms with Crippen LogP contribution in [0.15, 0.2) is 54.6 Å². The van der Waals surface area contributed by atoms with Crippen LogP contribution in [0.5, 0.6) is 0 Å². The number of carbonyl (C=O) groups excluding carboxylic acids is 3. The van der Waals surface area contributed by atoms with Crippen molar-refractivity contribution in [3.8, 4) is 0 Å². The molecule has 2 aromatic carbocycles. The maximum atomic E-state index is 14.0. The highest BCUT2D eigenvalue weighted by molar-refractivity contribution is 6.11. The summed E-state index contributed by atoms with van der Waals surface area (Å²) in [6.07, 6.45) is 0.658. The molecule has 3 atom stereocenters. The second-order valence-corrected chi connectivity index (χ2v) is 9.79. The number of para-hydroxylation sites is 1. The van der Waals surface area contributed by atoms with Gasteiger partial charge >= 0.3 is 6.03 Å². The summed E-state index contributed by atoms with van der Waals surface area (Å²) in [6, 6.07) is 16.0. The van der Waals surface area contributed by atoms with Gasteiger partial charge in [-0.1, -0.05) is 62.4 Å². The predicted octanol–water partition coefficient (Wildman–Crippen LogP) is 4.11. The first-order valence-corrected chi connectivity index (χ1v) is 11.9. The normalized spacial score (nSPS) is 21.6. The number of nitrogens with zero attached hydrogens (tertiary/aromatic N) is 2. The van der Waals surface area contributed by atoms with Crippen LogP contribution in [0, 0.1) is 5.92 Å². The summed E-state index contributed by atoms with van der Waals surface area (Å²) in [7, 11) is 0. The van der Waals surface area contributed by atoms with Gasteiger partial charge in [-0.25, -0.2) is 9.69 Å². The third-order valence-electron chi connectivity index (χ3n) is 7.33. The molecule has 2 aliphatic heterocycles. The molecule has 3 unspecified atom stereocenters. The molecule has 1 fully saturated rings. The van der Waals surface area contributed by atoms with E-state index in [1.807, 2.05) is 75.4 Å². The maximum absolute atomic E-state index is 14.0. The number of aromatic nitrogens is 1. The highest BCUT2D eigenvalue weighted by Gasteiger charge is 2.61. The van der Waals surface area contributed by atoms with Crippen molar-refractivity contribution in [1.82, 2.24) is 20.1 Å². The number of aromatic amines is 1. The van der Waals surface area contributed by atoms with Gasteiger partial charge in [0.15, 0.2) is 5.54 Å². The van der Waals surface area contributed by atoms with Crippen LogP contribution >= 0.6 is 0 Å². The zero-order valence-corrected chi connectivity index (χ0v) is 20.0. The highest BCUT2D eigenvalue weighted by Crippen LogP contribution is 2.45. The van der Waals surface area contributed by atoms with Crippen molar-refractivity contribution in [2.75, 3.05) is 6.54 Å². The van der Waals surface area contributed by atoms with Crippen LogP contribution in [-0.2, 0) is 21.5 Å². The molecule has 2 aliphatic rings. The Balaban J connectivity index is 1.50. The molecule has 1 saturated heterocycles. The van der Waals surface area contributed by atoms with Gasteiger partial charge in [-0.3, -0.25) is 9.59 Å². The summed E-state index contributed by atoms with van der Waals surface area (Å²) in [6.45, 7) is 7.86. The van der Waals surface area contributed by atoms with Crippen LogP contribution in [0.1, 0.15) is 50.6 Å². The number of urea groups is 1. The van der Waals surface area contributed by atoms with Crippen LogP contribution in [0.2, 0.25) is 0 Å². The van der Waals surface area contributed by atoms with E-state index in [-0.39, 0.29) is 23.8 Å². The number of hydrogen-bond acceptors (Lipinski definition) is 3. The van der Waals surface area contributed by atoms with E-state index in [0.717, 1.165) is 27.7 Å². The van der Waals surface area contributed by atoms with Crippen molar-refractivity contribution in [2.24, 2.45) is 5.92 Å². The smallest absolute Gasteiger partial charge is 0.328 e. The van der Waals surface area contributed by atoms with Gasteiger partial charge in [0.1, 0.15) is 6.04 Å². The van der Waals surface area contributed by atoms with E-state index in [1.165, 1.54) is 4.90 Å². The first-order chi connectivity index (χ1) is 16.2. The number of fused-ring (bicyclic) bond motifs is 5. The highest BCUT2D eigenvalue weighted by atomic mass is 16.2. The third-order valence-corrected chi connectivity index (χ3v) is 7.33. The molecule has 5 rings (SSSR count). The van der Waals surface area contributed by atoms with Crippen molar-refractivity contribution in [3.63, 3.8) is 0 Å². The molecule has 0 saturated carbocycles. The van der Waals surface area contributed by atoms with E-state index < -0.39 is 17.6 Å². The fourth-order valence-corrected chi connectivity index (χ4v) is 5.51. The van der Waals surface area contributed by atoms with Crippen LogP contribution < -0.4 is 5.32 Å². The molecule has 4 amide bonds. The molecular formula is C27H30N4O3. The lowest BCUT2D eigenvalue weighted by Crippen LogP contribution is -2.53. The lowest BCUT2D eigenvalue weighted by molar-refractivity contribution is -0.141. The molecule has 34 heavy (non-hydrogen) atoms. The molecule has 1 aromatic heterocycles. The summed E-state index contributed by atoms with van der Waals surface area (Å²) in [5, 5.41) is 4.09. The average Bonchev–Trinajstić information content (AvgIpc) is 3.29. The third kappa shape index (κ3) is 3.14. The number of rotatable bonds is 5. The van der Waals surface area contributed by atoms with Crippen LogP contribution in [-0.4, -0.2) is 45.2 Å². The van der Waals surface area contributed by atoms with Gasteiger partial charge in [0, 0.05) is 17.4 Å². The lowest BCUT2D eigenvalue weighted by atomic mass is 9.86. The first kappa shape index (κ1) is 22.2. The van der Waals surface area contributed by atoms with Crippen molar-refractivity contribution < 1.29 is 14.4 Å². The number of hydrogen-bond donors (Lipinski definition) is 2. The van der Waals surface area contributed by atoms with Gasteiger partial charge in [0.05, 0.1) is 11.7 Å². The van der Waals surface area contributed by atoms with Gasteiger partial charge in [-0.05, 0) is 43.4 Å². The second-order valence-electron chi connectivity index (χ2n) is 9.79. The summed E-state index contributed by atoms with van der Waals surface area (Å²) in [4.78, 5) is 47.3. The number of imide groups is 1. The average molecular weight is 459 g/mol. The molecule has 176 valence electrons. The lowest BCUT2D eigenvalue weighted by Gasteiger charge is -2.36. The summed E-state index contributed by atoms with van der Waals surface area (Å²) >= 11 is 0. The number of carbonyl (C=O) groups is 3. The Kier molecular flexibility index (Phi) is 5.23. The SMILES string of the molecule is CC(NC(=O)C(C(C)C)N1C(=O)N2CCc3c([nH]c4ccccc34)C2(C)C1=O)c1ccccc1. The van der Waals surface area contributed by atoms with Gasteiger partial charge in [0.2, 0.25) is 5.91 Å². The number of H-pyrrole nitrogens is 1. The standard InChI is InChI=1S/C27H30N4O3/c1-16(2)22(24(32)28-17(3)18-10-6-5-7-11-18)31-25(33)27(4)23-20(14-15-30(27)26(31)34)19-12-8-9-13-21(19)29-23/h5-13,16-17,22,29H,14-15H2,1-4H3,(H,28,32). The number of amides is 4. The largest absolute Gasteiger partial charge is 0.356 e. The summed E-state index contributed by atoms with van der Waals surface area (Å²) in [5.41, 5.74) is 2.57. The summed E-state index contributed by atoms with van der Waals surface area (Å²) in [5.74, 6) is -0.928. The number of benzene rings is 2. The molecule has 0 bridgehead atoms. The van der Waals surface area contributed by atoms with E-state index >= 15 is 0 Å². The van der Waals surface area contributed by atoms with Crippen LogP contribution in [0.3, 0.4) is 0 Å². The fraction of sp³-hybridized carbons (Fsp3) is 0.370. The zero-order valence-electron chi connectivity index (χ0n) is 20.0. The van der Waals surface area contributed by atoms with Crippen LogP contribution in [0.25, 0.3) is 10.9 Å². The molecule has 0 radical (unpaired) electrons. The molecule has 0 spiro atoms. The quantitative estimate of drug-likeness (QED) is 0.565. The second kappa shape index (κ2) is 8.01. The van der Waals surface area contributed by atoms with Crippen molar-refractivity contribution in [2.45, 2.75) is 51.7 Å². The van der Waals surface area contributed by atoms with E-state index in [9.17, 15) is 14.4 Å². The predicted molar refractivity (Wildman–Crippen MR) is 130 cm³/mol. The number of nitrogens with one attached hydrogen (secondary N) is 2. The van der Waals surface area contributed by atoms with E-state index in [1.54, 1.807) is 11.8 Å². The topological polar surface area (TPSA) is 85.5 Å². The minimum absolute atomic E-state index is 0.247. The van der Waals surface area contributed by atoms with E-state index in [2.05, 4.69) is 10.3 Å². The minimum Gasteiger partial charge on any atom is -0.356 e. The maximum Gasteiger partial charge on any atom is 0.328 e. The van der Waals surface area contributed by atoms with E-state index in [4.69, 9.17) is 0 Å². The molecular weight excluding hydrogens is 428 g/mol. The Morgan fingerprint density at radius 2 is 1.71 bits per heavy atom. The summed E-state index contributed by atoms with van der Waals surface area (Å²) < 4.78 is 0. The first-order valence-electron chi connectivity index (χ1n) is 11.9. The van der Waals surface area contributed by atoms with Crippen molar-refractivity contribution in [3.05, 3.63) is 71.4 Å². The minimum atomic E-state index is -1.16. The monoisotopic (exact) mass is 458 g/mol. The van der Waals surface area contributed by atoms with Crippen molar-refractivity contribution >= 4 is 28.7 Å². The molecule has 3 heterocycles. The molecule has 7 heteroatoms. The molecule has 0 aliphatic carbocycles. The van der Waals surface area contributed by atoms with Gasteiger partial charge in [0.25, 0.3) is 5.91 Å². The molecule has 7 nitrogen and oxygen atoms in total. The Bertz CT molecular complexity index is 1280. The van der Waals surface area contributed by atoms with Gasteiger partial charge in [-0.15, -0.1) is 0 Å². The van der Waals surface area contributed by atoms with E-state index in [0.29, 0.717) is 13.0 Å². The molecule has 3 aromatic rings. The molecule has 2 N–H and O–H groups in total. The fourth-order valence-electron chi connectivity index (χ4n) is 5.51. The van der Waals surface area contributed by atoms with Crippen LogP contribution in [0.4, 0.5) is 4.79 Å². The Morgan fingerprint density at radius 1 is 1.03 bits per heavy atom. The zero-order chi connectivity index (χ0) is 24.2. The Labute approximate surface area is 199 Å².